The number of rotatable bonds is 5. The number of nitrogens with one attached hydrogen (secondary N) is 1. The Hall–Kier alpha value is -0.350. The van der Waals surface area contributed by atoms with E-state index in [0.29, 0.717) is 6.04 Å². The summed E-state index contributed by atoms with van der Waals surface area (Å²) in [6.07, 6.45) is 5.15. The van der Waals surface area contributed by atoms with Gasteiger partial charge in [0.25, 0.3) is 0 Å². The minimum Gasteiger partial charge on any atom is -0.314 e. The van der Waals surface area contributed by atoms with Gasteiger partial charge < -0.3 is 5.32 Å². The normalized spacial score (nSPS) is 26.9. The summed E-state index contributed by atoms with van der Waals surface area (Å²) in [5.74, 6) is 1.59. The van der Waals surface area contributed by atoms with Crippen molar-refractivity contribution in [3.63, 3.8) is 0 Å². The lowest BCUT2D eigenvalue weighted by molar-refractivity contribution is 0.211. The second-order valence-electron chi connectivity index (χ2n) is 6.21. The van der Waals surface area contributed by atoms with Crippen molar-refractivity contribution in [1.29, 1.82) is 0 Å². The third-order valence-corrected chi connectivity index (χ3v) is 5.65. The second kappa shape index (κ2) is 7.08. The van der Waals surface area contributed by atoms with Gasteiger partial charge in [-0.3, -0.25) is 4.68 Å². The van der Waals surface area contributed by atoms with E-state index >= 15 is 0 Å². The van der Waals surface area contributed by atoms with E-state index in [2.05, 4.69) is 58.7 Å². The predicted molar refractivity (Wildman–Crippen MR) is 88.0 cm³/mol. The van der Waals surface area contributed by atoms with Crippen LogP contribution >= 0.6 is 15.9 Å². The maximum absolute atomic E-state index is 4.63. The van der Waals surface area contributed by atoms with Crippen LogP contribution in [0.2, 0.25) is 0 Å². The third-order valence-electron chi connectivity index (χ3n) is 4.62. The zero-order valence-electron chi connectivity index (χ0n) is 13.2. The molecule has 0 bridgehead atoms. The van der Waals surface area contributed by atoms with Crippen LogP contribution in [0.25, 0.3) is 0 Å². The van der Waals surface area contributed by atoms with Crippen LogP contribution in [-0.4, -0.2) is 22.4 Å². The monoisotopic (exact) mass is 341 g/mol. The molecule has 4 heteroatoms. The van der Waals surface area contributed by atoms with Gasteiger partial charge >= 0.3 is 0 Å². The first kappa shape index (κ1) is 16.0. The third kappa shape index (κ3) is 3.45. The van der Waals surface area contributed by atoms with Crippen LogP contribution in [0.3, 0.4) is 0 Å². The number of hydrogen-bond donors (Lipinski definition) is 1. The molecule has 1 fully saturated rings. The molecule has 1 aromatic rings. The standard InChI is InChI=1S/C16H28BrN3/c1-5-18-14-8-7-11(3)9-13(14)10-15-16(17)12(4)19-20(15)6-2/h11,13-14,18H,5-10H2,1-4H3. The molecule has 1 N–H and O–H groups in total. The summed E-state index contributed by atoms with van der Waals surface area (Å²) in [6.45, 7) is 10.9. The molecule has 1 heterocycles. The minimum atomic E-state index is 0.670. The molecule has 114 valence electrons. The Morgan fingerprint density at radius 1 is 1.35 bits per heavy atom. The largest absolute Gasteiger partial charge is 0.314 e. The molecule has 0 amide bonds. The number of hydrogen-bond acceptors (Lipinski definition) is 2. The van der Waals surface area contributed by atoms with Crippen LogP contribution in [-0.2, 0) is 13.0 Å². The summed E-state index contributed by atoms with van der Waals surface area (Å²) in [5.41, 5.74) is 2.50. The molecule has 0 aromatic carbocycles. The van der Waals surface area contributed by atoms with Gasteiger partial charge in [-0.15, -0.1) is 0 Å². The van der Waals surface area contributed by atoms with Crippen molar-refractivity contribution in [2.45, 2.75) is 66.0 Å². The Morgan fingerprint density at radius 2 is 2.10 bits per heavy atom. The molecule has 1 aliphatic carbocycles. The molecular formula is C16H28BrN3. The number of aromatic nitrogens is 2. The molecule has 3 unspecified atom stereocenters. The van der Waals surface area contributed by atoms with Crippen molar-refractivity contribution in [2.24, 2.45) is 11.8 Å². The fourth-order valence-electron chi connectivity index (χ4n) is 3.57. The van der Waals surface area contributed by atoms with Gasteiger partial charge in [-0.25, -0.2) is 0 Å². The highest BCUT2D eigenvalue weighted by atomic mass is 79.9. The molecule has 0 saturated heterocycles. The van der Waals surface area contributed by atoms with Crippen LogP contribution in [0, 0.1) is 18.8 Å². The zero-order chi connectivity index (χ0) is 14.7. The molecule has 1 aliphatic rings. The number of aryl methyl sites for hydroxylation is 2. The zero-order valence-corrected chi connectivity index (χ0v) is 14.8. The molecule has 3 atom stereocenters. The maximum Gasteiger partial charge on any atom is 0.0738 e. The van der Waals surface area contributed by atoms with Crippen LogP contribution in [0.5, 0.6) is 0 Å². The van der Waals surface area contributed by atoms with E-state index in [-0.39, 0.29) is 0 Å². The lowest BCUT2D eigenvalue weighted by Crippen LogP contribution is -2.41. The highest BCUT2D eigenvalue weighted by Gasteiger charge is 2.29. The summed E-state index contributed by atoms with van der Waals surface area (Å²) in [6, 6.07) is 0.670. The molecule has 0 spiro atoms. The first-order valence-corrected chi connectivity index (χ1v) is 8.81. The number of halogens is 1. The first-order valence-electron chi connectivity index (χ1n) is 8.01. The average molecular weight is 342 g/mol. The minimum absolute atomic E-state index is 0.670. The van der Waals surface area contributed by atoms with E-state index in [1.54, 1.807) is 0 Å². The van der Waals surface area contributed by atoms with Gasteiger partial charge in [-0.2, -0.15) is 5.10 Å². The smallest absolute Gasteiger partial charge is 0.0738 e. The molecule has 1 saturated carbocycles. The molecule has 1 aromatic heterocycles. The van der Waals surface area contributed by atoms with Crippen LogP contribution in [0.4, 0.5) is 0 Å². The molecule has 2 rings (SSSR count). The van der Waals surface area contributed by atoms with Gasteiger partial charge in [0.1, 0.15) is 0 Å². The quantitative estimate of drug-likeness (QED) is 0.879. The highest BCUT2D eigenvalue weighted by Crippen LogP contribution is 2.33. The van der Waals surface area contributed by atoms with E-state index in [4.69, 9.17) is 0 Å². The van der Waals surface area contributed by atoms with Crippen molar-refractivity contribution in [3.05, 3.63) is 15.9 Å². The van der Waals surface area contributed by atoms with Crippen LogP contribution in [0.15, 0.2) is 4.47 Å². The van der Waals surface area contributed by atoms with E-state index in [9.17, 15) is 0 Å². The SMILES string of the molecule is CCNC1CCC(C)CC1Cc1c(Br)c(C)nn1CC. The predicted octanol–water partition coefficient (Wildman–Crippen LogP) is 3.93. The van der Waals surface area contributed by atoms with Crippen LogP contribution < -0.4 is 5.32 Å². The van der Waals surface area contributed by atoms with Crippen molar-refractivity contribution in [2.75, 3.05) is 6.54 Å². The molecule has 20 heavy (non-hydrogen) atoms. The topological polar surface area (TPSA) is 29.9 Å². The van der Waals surface area contributed by atoms with Crippen molar-refractivity contribution in [1.82, 2.24) is 15.1 Å². The molecule has 3 nitrogen and oxygen atoms in total. The summed E-state index contributed by atoms with van der Waals surface area (Å²) < 4.78 is 3.38. The molecule has 0 radical (unpaired) electrons. The Morgan fingerprint density at radius 3 is 2.75 bits per heavy atom. The summed E-state index contributed by atoms with van der Waals surface area (Å²) in [4.78, 5) is 0. The van der Waals surface area contributed by atoms with Crippen molar-refractivity contribution < 1.29 is 0 Å². The van der Waals surface area contributed by atoms with Gasteiger partial charge in [-0.1, -0.05) is 13.8 Å². The highest BCUT2D eigenvalue weighted by molar-refractivity contribution is 9.10. The first-order chi connectivity index (χ1) is 9.56. The molecule has 0 aliphatic heterocycles. The summed E-state index contributed by atoms with van der Waals surface area (Å²) >= 11 is 3.74. The van der Waals surface area contributed by atoms with Crippen molar-refractivity contribution in [3.8, 4) is 0 Å². The fraction of sp³-hybridized carbons (Fsp3) is 0.812. The van der Waals surface area contributed by atoms with E-state index in [1.807, 2.05) is 0 Å². The summed E-state index contributed by atoms with van der Waals surface area (Å²) in [7, 11) is 0. The van der Waals surface area contributed by atoms with Gasteiger partial charge in [0.15, 0.2) is 0 Å². The van der Waals surface area contributed by atoms with Gasteiger partial charge in [0, 0.05) is 12.6 Å². The second-order valence-corrected chi connectivity index (χ2v) is 7.00. The Labute approximate surface area is 131 Å². The van der Waals surface area contributed by atoms with Gasteiger partial charge in [0.05, 0.1) is 15.9 Å². The van der Waals surface area contributed by atoms with Gasteiger partial charge in [-0.05, 0) is 73.8 Å². The van der Waals surface area contributed by atoms with Crippen molar-refractivity contribution >= 4 is 15.9 Å². The molecular weight excluding hydrogens is 314 g/mol. The maximum atomic E-state index is 4.63. The lowest BCUT2D eigenvalue weighted by atomic mass is 9.76. The van der Waals surface area contributed by atoms with E-state index in [0.717, 1.165) is 37.0 Å². The average Bonchev–Trinajstić information content (AvgIpc) is 2.69. The fourth-order valence-corrected chi connectivity index (χ4v) is 4.01. The Kier molecular flexibility index (Phi) is 5.67. The van der Waals surface area contributed by atoms with E-state index < -0.39 is 0 Å². The Bertz CT molecular complexity index is 441. The van der Waals surface area contributed by atoms with Gasteiger partial charge in [0.2, 0.25) is 0 Å². The van der Waals surface area contributed by atoms with Crippen LogP contribution in [0.1, 0.15) is 51.4 Å². The van der Waals surface area contributed by atoms with E-state index in [1.165, 1.54) is 29.4 Å². The number of nitrogens with zero attached hydrogens (tertiary/aromatic N) is 2. The lowest BCUT2D eigenvalue weighted by Gasteiger charge is -2.35. The Balaban J connectivity index is 2.17. The summed E-state index contributed by atoms with van der Waals surface area (Å²) in [5, 5.41) is 8.33.